The molecule has 2 N–H and O–H groups in total. The van der Waals surface area contributed by atoms with Crippen molar-refractivity contribution in [2.75, 3.05) is 5.73 Å². The summed E-state index contributed by atoms with van der Waals surface area (Å²) < 4.78 is 0. The zero-order valence-corrected chi connectivity index (χ0v) is 11.6. The summed E-state index contributed by atoms with van der Waals surface area (Å²) in [6, 6.07) is 15.4. The van der Waals surface area contributed by atoms with Gasteiger partial charge < -0.3 is 5.73 Å². The second kappa shape index (κ2) is 5.03. The van der Waals surface area contributed by atoms with E-state index >= 15 is 0 Å². The third kappa shape index (κ3) is 2.48. The summed E-state index contributed by atoms with van der Waals surface area (Å²) in [6.07, 6.45) is 0. The molecule has 0 spiro atoms. The third-order valence-electron chi connectivity index (χ3n) is 2.81. The first-order valence-electron chi connectivity index (χ1n) is 5.80. The van der Waals surface area contributed by atoms with Gasteiger partial charge in [0.25, 0.3) is 0 Å². The van der Waals surface area contributed by atoms with Gasteiger partial charge in [-0.2, -0.15) is 0 Å². The molecule has 1 heterocycles. The molecule has 0 radical (unpaired) electrons. The van der Waals surface area contributed by atoms with Crippen molar-refractivity contribution in [3.63, 3.8) is 0 Å². The van der Waals surface area contributed by atoms with Crippen LogP contribution in [0.15, 0.2) is 53.9 Å². The van der Waals surface area contributed by atoms with Crippen molar-refractivity contribution in [1.82, 2.24) is 4.98 Å². The number of hydrogen-bond donors (Lipinski definition) is 1. The van der Waals surface area contributed by atoms with Crippen molar-refractivity contribution in [2.45, 2.75) is 0 Å². The van der Waals surface area contributed by atoms with Crippen LogP contribution in [0.1, 0.15) is 0 Å². The summed E-state index contributed by atoms with van der Waals surface area (Å²) in [6.45, 7) is 0. The minimum atomic E-state index is 0.723. The van der Waals surface area contributed by atoms with E-state index < -0.39 is 0 Å². The Labute approximate surface area is 120 Å². The van der Waals surface area contributed by atoms with E-state index in [1.54, 1.807) is 11.3 Å². The Kier molecular flexibility index (Phi) is 3.23. The van der Waals surface area contributed by atoms with Crippen LogP contribution in [0.3, 0.4) is 0 Å². The predicted octanol–water partition coefficient (Wildman–Crippen LogP) is 4.71. The molecule has 19 heavy (non-hydrogen) atoms. The standard InChI is InChI=1S/C15H11ClN2S/c16-13-4-2-1-3-12(13)15-18-14(9-19-15)10-5-7-11(17)8-6-10/h1-9H,17H2. The van der Waals surface area contributed by atoms with E-state index in [1.165, 1.54) is 0 Å². The van der Waals surface area contributed by atoms with Gasteiger partial charge in [0.05, 0.1) is 10.7 Å². The Hall–Kier alpha value is -1.84. The number of benzene rings is 2. The number of hydrogen-bond acceptors (Lipinski definition) is 3. The lowest BCUT2D eigenvalue weighted by atomic mass is 10.1. The molecule has 3 aromatic rings. The summed E-state index contributed by atoms with van der Waals surface area (Å²) in [5, 5.41) is 3.68. The molecule has 0 aliphatic rings. The lowest BCUT2D eigenvalue weighted by Gasteiger charge is -1.99. The molecule has 0 unspecified atom stereocenters. The second-order valence-electron chi connectivity index (χ2n) is 4.14. The van der Waals surface area contributed by atoms with Gasteiger partial charge in [-0.25, -0.2) is 4.98 Å². The highest BCUT2D eigenvalue weighted by molar-refractivity contribution is 7.13. The van der Waals surface area contributed by atoms with Crippen molar-refractivity contribution in [2.24, 2.45) is 0 Å². The van der Waals surface area contributed by atoms with Gasteiger partial charge in [0.2, 0.25) is 0 Å². The molecule has 0 aliphatic carbocycles. The first kappa shape index (κ1) is 12.2. The van der Waals surface area contributed by atoms with Crippen LogP contribution in [-0.4, -0.2) is 4.98 Å². The number of nitrogen functional groups attached to an aromatic ring is 1. The predicted molar refractivity (Wildman–Crippen MR) is 82.4 cm³/mol. The fraction of sp³-hybridized carbons (Fsp3) is 0. The summed E-state index contributed by atoms with van der Waals surface area (Å²) >= 11 is 7.77. The summed E-state index contributed by atoms with van der Waals surface area (Å²) in [5.41, 5.74) is 9.41. The number of anilines is 1. The fourth-order valence-electron chi connectivity index (χ4n) is 1.82. The Morgan fingerprint density at radius 3 is 2.47 bits per heavy atom. The number of nitrogens with two attached hydrogens (primary N) is 1. The van der Waals surface area contributed by atoms with Gasteiger partial charge in [-0.1, -0.05) is 41.9 Å². The Morgan fingerprint density at radius 1 is 1.00 bits per heavy atom. The first-order chi connectivity index (χ1) is 9.24. The lowest BCUT2D eigenvalue weighted by molar-refractivity contribution is 1.40. The van der Waals surface area contributed by atoms with Crippen LogP contribution < -0.4 is 5.73 Å². The van der Waals surface area contributed by atoms with Crippen LogP contribution in [0.4, 0.5) is 5.69 Å². The average molecular weight is 287 g/mol. The molecular weight excluding hydrogens is 276 g/mol. The van der Waals surface area contributed by atoms with Crippen molar-refractivity contribution < 1.29 is 0 Å². The molecule has 3 rings (SSSR count). The van der Waals surface area contributed by atoms with Crippen molar-refractivity contribution in [3.05, 3.63) is 58.9 Å². The Balaban J connectivity index is 2.00. The topological polar surface area (TPSA) is 38.9 Å². The molecule has 0 atom stereocenters. The number of rotatable bonds is 2. The molecule has 0 fully saturated rings. The number of thiazole rings is 1. The van der Waals surface area contributed by atoms with E-state index in [0.717, 1.165) is 32.5 Å². The molecule has 2 aromatic carbocycles. The van der Waals surface area contributed by atoms with Gasteiger partial charge >= 0.3 is 0 Å². The highest BCUT2D eigenvalue weighted by Crippen LogP contribution is 2.33. The van der Waals surface area contributed by atoms with Crippen LogP contribution in [-0.2, 0) is 0 Å². The number of nitrogens with zero attached hydrogens (tertiary/aromatic N) is 1. The van der Waals surface area contributed by atoms with Crippen molar-refractivity contribution >= 4 is 28.6 Å². The normalized spacial score (nSPS) is 10.6. The highest BCUT2D eigenvalue weighted by Gasteiger charge is 2.09. The molecule has 1 aromatic heterocycles. The maximum absolute atomic E-state index is 6.18. The second-order valence-corrected chi connectivity index (χ2v) is 5.41. The van der Waals surface area contributed by atoms with Gasteiger partial charge in [0, 0.05) is 22.2 Å². The summed E-state index contributed by atoms with van der Waals surface area (Å²) in [4.78, 5) is 4.63. The summed E-state index contributed by atoms with van der Waals surface area (Å²) in [7, 11) is 0. The molecule has 0 saturated carbocycles. The Morgan fingerprint density at radius 2 is 1.74 bits per heavy atom. The number of aromatic nitrogens is 1. The van der Waals surface area contributed by atoms with Crippen LogP contribution in [0.2, 0.25) is 5.02 Å². The molecule has 2 nitrogen and oxygen atoms in total. The lowest BCUT2D eigenvalue weighted by Crippen LogP contribution is -1.84. The van der Waals surface area contributed by atoms with E-state index in [0.29, 0.717) is 0 Å². The molecule has 0 bridgehead atoms. The molecule has 0 aliphatic heterocycles. The maximum Gasteiger partial charge on any atom is 0.125 e. The Bertz CT molecular complexity index is 704. The van der Waals surface area contributed by atoms with Gasteiger partial charge in [0.1, 0.15) is 5.01 Å². The van der Waals surface area contributed by atoms with E-state index in [9.17, 15) is 0 Å². The van der Waals surface area contributed by atoms with E-state index in [2.05, 4.69) is 4.98 Å². The van der Waals surface area contributed by atoms with E-state index in [-0.39, 0.29) is 0 Å². The highest BCUT2D eigenvalue weighted by atomic mass is 35.5. The van der Waals surface area contributed by atoms with Gasteiger partial charge in [-0.15, -0.1) is 11.3 Å². The minimum Gasteiger partial charge on any atom is -0.399 e. The molecule has 0 saturated heterocycles. The van der Waals surface area contributed by atoms with E-state index in [4.69, 9.17) is 17.3 Å². The fourth-order valence-corrected chi connectivity index (χ4v) is 2.97. The van der Waals surface area contributed by atoms with Crippen LogP contribution >= 0.6 is 22.9 Å². The maximum atomic E-state index is 6.18. The van der Waals surface area contributed by atoms with E-state index in [1.807, 2.05) is 53.9 Å². The molecule has 0 amide bonds. The smallest absolute Gasteiger partial charge is 0.125 e. The molecular formula is C15H11ClN2S. The molecule has 4 heteroatoms. The van der Waals surface area contributed by atoms with Gasteiger partial charge in [-0.05, 0) is 18.2 Å². The summed E-state index contributed by atoms with van der Waals surface area (Å²) in [5.74, 6) is 0. The number of halogens is 1. The van der Waals surface area contributed by atoms with Crippen molar-refractivity contribution in [3.8, 4) is 21.8 Å². The van der Waals surface area contributed by atoms with Crippen LogP contribution in [0, 0.1) is 0 Å². The first-order valence-corrected chi connectivity index (χ1v) is 7.06. The SMILES string of the molecule is Nc1ccc(-c2csc(-c3ccccc3Cl)n2)cc1. The molecule has 94 valence electrons. The van der Waals surface area contributed by atoms with Crippen LogP contribution in [0.25, 0.3) is 21.8 Å². The largest absolute Gasteiger partial charge is 0.399 e. The zero-order valence-electron chi connectivity index (χ0n) is 10.0. The average Bonchev–Trinajstić information content (AvgIpc) is 2.89. The third-order valence-corrected chi connectivity index (χ3v) is 4.02. The minimum absolute atomic E-state index is 0.723. The van der Waals surface area contributed by atoms with Crippen molar-refractivity contribution in [1.29, 1.82) is 0 Å². The van der Waals surface area contributed by atoms with Gasteiger partial charge in [0.15, 0.2) is 0 Å². The monoisotopic (exact) mass is 286 g/mol. The van der Waals surface area contributed by atoms with Crippen LogP contribution in [0.5, 0.6) is 0 Å². The quantitative estimate of drug-likeness (QED) is 0.693. The zero-order chi connectivity index (χ0) is 13.2. The van der Waals surface area contributed by atoms with Gasteiger partial charge in [-0.3, -0.25) is 0 Å².